The molecule has 3 N–H and O–H groups in total. The number of nitrogens with zero attached hydrogens (tertiary/aromatic N) is 2. The first kappa shape index (κ1) is 22.2. The molecule has 0 aromatic carbocycles. The molecule has 0 bridgehead atoms. The van der Waals surface area contributed by atoms with E-state index in [-0.39, 0.29) is 12.1 Å². The lowest BCUT2D eigenvalue weighted by Gasteiger charge is -2.37. The van der Waals surface area contributed by atoms with Gasteiger partial charge in [0, 0.05) is 35.9 Å². The largest absolute Gasteiger partial charge is 0.383 e. The molecular formula is C21H32N4O2S2. The van der Waals surface area contributed by atoms with Crippen molar-refractivity contribution < 1.29 is 9.84 Å². The summed E-state index contributed by atoms with van der Waals surface area (Å²) >= 11 is 3.34. The molecule has 3 heterocycles. The maximum atomic E-state index is 10.8. The van der Waals surface area contributed by atoms with E-state index < -0.39 is 5.60 Å². The van der Waals surface area contributed by atoms with Crippen LogP contribution in [-0.2, 0) is 10.3 Å². The molecule has 8 heteroatoms. The van der Waals surface area contributed by atoms with E-state index in [0.29, 0.717) is 6.54 Å². The fourth-order valence-electron chi connectivity index (χ4n) is 3.45. The van der Waals surface area contributed by atoms with Crippen molar-refractivity contribution in [1.29, 1.82) is 0 Å². The first-order chi connectivity index (χ1) is 14.0. The highest BCUT2D eigenvalue weighted by Gasteiger charge is 2.27. The van der Waals surface area contributed by atoms with Crippen LogP contribution in [0.15, 0.2) is 40.0 Å². The summed E-state index contributed by atoms with van der Waals surface area (Å²) in [7, 11) is 0. The second-order valence-electron chi connectivity index (χ2n) is 7.53. The number of nitrogens with one attached hydrogen (secondary N) is 2. The molecule has 6 nitrogen and oxygen atoms in total. The zero-order valence-corrected chi connectivity index (χ0v) is 19.1. The van der Waals surface area contributed by atoms with E-state index in [9.17, 15) is 5.11 Å². The number of aliphatic hydroxyl groups is 1. The standard InChI is InChI=1S/C21H32N4O2S2/c1-4-22-20(24-15-21(3,26)19-8-6-12-29-19)23-13-17(18-7-5-11-28-18)25-9-10-27-16(2)14-25/h5-8,11-12,16-17,26H,4,9-10,13-15H2,1-3H3,(H2,22,23,24). The van der Waals surface area contributed by atoms with Crippen LogP contribution in [0.25, 0.3) is 0 Å². The Hall–Kier alpha value is -1.45. The van der Waals surface area contributed by atoms with Crippen molar-refractivity contribution in [3.63, 3.8) is 0 Å². The number of thiophene rings is 2. The van der Waals surface area contributed by atoms with Gasteiger partial charge >= 0.3 is 0 Å². The van der Waals surface area contributed by atoms with E-state index in [0.717, 1.165) is 43.6 Å². The monoisotopic (exact) mass is 436 g/mol. The Morgan fingerprint density at radius 3 is 2.79 bits per heavy atom. The lowest BCUT2D eigenvalue weighted by Crippen LogP contribution is -2.48. The molecule has 3 atom stereocenters. The van der Waals surface area contributed by atoms with Crippen LogP contribution in [0.1, 0.15) is 36.6 Å². The predicted octanol–water partition coefficient (Wildman–Crippen LogP) is 3.03. The van der Waals surface area contributed by atoms with Gasteiger partial charge in [-0.15, -0.1) is 22.7 Å². The van der Waals surface area contributed by atoms with Gasteiger partial charge in [0.15, 0.2) is 5.96 Å². The molecule has 1 aliphatic rings. The van der Waals surface area contributed by atoms with Crippen LogP contribution in [0, 0.1) is 0 Å². The van der Waals surface area contributed by atoms with Crippen LogP contribution in [0.3, 0.4) is 0 Å². The van der Waals surface area contributed by atoms with E-state index in [1.54, 1.807) is 22.7 Å². The van der Waals surface area contributed by atoms with Crippen molar-refractivity contribution in [3.05, 3.63) is 44.8 Å². The zero-order valence-electron chi connectivity index (χ0n) is 17.4. The van der Waals surface area contributed by atoms with Crippen LogP contribution in [-0.4, -0.2) is 61.4 Å². The van der Waals surface area contributed by atoms with Crippen molar-refractivity contribution in [2.24, 2.45) is 4.99 Å². The Labute approximate surface area is 181 Å². The minimum Gasteiger partial charge on any atom is -0.383 e. The van der Waals surface area contributed by atoms with E-state index in [2.05, 4.69) is 51.9 Å². The molecular weight excluding hydrogens is 404 g/mol. The molecule has 29 heavy (non-hydrogen) atoms. The third-order valence-corrected chi connectivity index (χ3v) is 7.09. The minimum absolute atomic E-state index is 0.244. The summed E-state index contributed by atoms with van der Waals surface area (Å²) in [6, 6.07) is 8.48. The molecule has 3 unspecified atom stereocenters. The molecule has 1 aliphatic heterocycles. The van der Waals surface area contributed by atoms with Crippen molar-refractivity contribution in [3.8, 4) is 0 Å². The van der Waals surface area contributed by atoms with Gasteiger partial charge in [-0.1, -0.05) is 12.1 Å². The molecule has 3 rings (SSSR count). The summed E-state index contributed by atoms with van der Waals surface area (Å²) in [6.45, 7) is 10.4. The predicted molar refractivity (Wildman–Crippen MR) is 122 cm³/mol. The van der Waals surface area contributed by atoms with Gasteiger partial charge in [-0.2, -0.15) is 0 Å². The van der Waals surface area contributed by atoms with Gasteiger partial charge in [-0.05, 0) is 43.7 Å². The number of hydrogen-bond donors (Lipinski definition) is 3. The second-order valence-corrected chi connectivity index (χ2v) is 9.46. The molecule has 0 saturated carbocycles. The lowest BCUT2D eigenvalue weighted by molar-refractivity contribution is -0.0334. The van der Waals surface area contributed by atoms with Crippen molar-refractivity contribution >= 4 is 28.6 Å². The lowest BCUT2D eigenvalue weighted by atomic mass is 10.1. The first-order valence-electron chi connectivity index (χ1n) is 10.2. The maximum absolute atomic E-state index is 10.8. The average Bonchev–Trinajstić information content (AvgIpc) is 3.41. The van der Waals surface area contributed by atoms with Gasteiger partial charge in [0.2, 0.25) is 0 Å². The number of ether oxygens (including phenoxy) is 1. The number of rotatable bonds is 8. The average molecular weight is 437 g/mol. The van der Waals surface area contributed by atoms with E-state index in [4.69, 9.17) is 4.74 Å². The van der Waals surface area contributed by atoms with Crippen LogP contribution >= 0.6 is 22.7 Å². The highest BCUT2D eigenvalue weighted by atomic mass is 32.1. The van der Waals surface area contributed by atoms with Crippen molar-refractivity contribution in [1.82, 2.24) is 15.5 Å². The van der Waals surface area contributed by atoms with Gasteiger partial charge in [0.05, 0.1) is 25.3 Å². The quantitative estimate of drug-likeness (QED) is 0.438. The molecule has 1 fully saturated rings. The number of hydrogen-bond acceptors (Lipinski definition) is 6. The Morgan fingerprint density at radius 2 is 2.14 bits per heavy atom. The summed E-state index contributed by atoms with van der Waals surface area (Å²) in [5.74, 6) is 0.729. The molecule has 2 aromatic rings. The molecule has 2 aromatic heterocycles. The van der Waals surface area contributed by atoms with Crippen LogP contribution in [0.5, 0.6) is 0 Å². The smallest absolute Gasteiger partial charge is 0.191 e. The zero-order chi connectivity index (χ0) is 20.7. The highest BCUT2D eigenvalue weighted by molar-refractivity contribution is 7.10. The fourth-order valence-corrected chi connectivity index (χ4v) is 5.09. The Bertz CT molecular complexity index is 747. The molecule has 1 saturated heterocycles. The van der Waals surface area contributed by atoms with Gasteiger partial charge in [0.1, 0.15) is 5.60 Å². The highest BCUT2D eigenvalue weighted by Crippen LogP contribution is 2.27. The van der Waals surface area contributed by atoms with Gasteiger partial charge in [0.25, 0.3) is 0 Å². The van der Waals surface area contributed by atoms with Crippen molar-refractivity contribution in [2.75, 3.05) is 39.3 Å². The number of guanidine groups is 1. The topological polar surface area (TPSA) is 69.1 Å². The van der Waals surface area contributed by atoms with E-state index >= 15 is 0 Å². The SMILES string of the molecule is CCNC(=NCC(C)(O)c1cccs1)NCC(c1cccs1)N1CCOC(C)C1. The van der Waals surface area contributed by atoms with Gasteiger partial charge in [-0.25, -0.2) is 4.99 Å². The van der Waals surface area contributed by atoms with Gasteiger partial charge in [-0.3, -0.25) is 4.90 Å². The normalized spacial score (nSPS) is 21.5. The third-order valence-electron chi connectivity index (χ3n) is 4.99. The summed E-state index contributed by atoms with van der Waals surface area (Å²) in [6.07, 6.45) is 0.244. The molecule has 0 amide bonds. The van der Waals surface area contributed by atoms with Gasteiger partial charge < -0.3 is 20.5 Å². The molecule has 160 valence electrons. The van der Waals surface area contributed by atoms with Crippen molar-refractivity contribution in [2.45, 2.75) is 38.5 Å². The fraction of sp³-hybridized carbons (Fsp3) is 0.571. The first-order valence-corrected chi connectivity index (χ1v) is 11.9. The maximum Gasteiger partial charge on any atom is 0.191 e. The Kier molecular flexibility index (Phi) is 8.08. The summed E-state index contributed by atoms with van der Waals surface area (Å²) < 4.78 is 5.73. The summed E-state index contributed by atoms with van der Waals surface area (Å²) in [4.78, 5) is 9.42. The third kappa shape index (κ3) is 6.26. The Morgan fingerprint density at radius 1 is 1.34 bits per heavy atom. The number of morpholine rings is 1. The van der Waals surface area contributed by atoms with Crippen LogP contribution < -0.4 is 10.6 Å². The minimum atomic E-state index is -0.969. The summed E-state index contributed by atoms with van der Waals surface area (Å²) in [5.41, 5.74) is -0.969. The van der Waals surface area contributed by atoms with Crippen LogP contribution in [0.4, 0.5) is 0 Å². The Balaban J connectivity index is 1.68. The van der Waals surface area contributed by atoms with Crippen LogP contribution in [0.2, 0.25) is 0 Å². The number of aliphatic imine (C=N–C) groups is 1. The molecule has 0 spiro atoms. The molecule has 0 aliphatic carbocycles. The second kappa shape index (κ2) is 10.5. The van der Waals surface area contributed by atoms with E-state index in [1.165, 1.54) is 4.88 Å². The summed E-state index contributed by atoms with van der Waals surface area (Å²) in [5, 5.41) is 21.7. The molecule has 0 radical (unpaired) electrons. The van der Waals surface area contributed by atoms with E-state index in [1.807, 2.05) is 24.4 Å².